The lowest BCUT2D eigenvalue weighted by Crippen LogP contribution is -2.51. The summed E-state index contributed by atoms with van der Waals surface area (Å²) in [6.07, 6.45) is 12.3. The molecule has 4 aliphatic carbocycles. The first-order chi connectivity index (χ1) is 18.5. The van der Waals surface area contributed by atoms with Crippen molar-refractivity contribution in [3.8, 4) is 0 Å². The third kappa shape index (κ3) is 6.03. The Morgan fingerprint density at radius 1 is 1.10 bits per heavy atom. The number of rotatable bonds is 10. The van der Waals surface area contributed by atoms with Crippen LogP contribution in [0.3, 0.4) is 0 Å². The second-order valence-corrected chi connectivity index (χ2v) is 12.8. The van der Waals surface area contributed by atoms with Crippen LogP contribution in [0.2, 0.25) is 0 Å². The lowest BCUT2D eigenvalue weighted by molar-refractivity contribution is -0.142. The SMILES string of the molecule is CCCC[C@H](NC(=O)[C@@H](C)NC(=O)CO/N=C1/C=C2CC[C@@H]3[C@H]4CC[C@@H](O)[C@@]4(C)CC[C@H]3[C@@]2(C)CC1)C(=O)O. The number of allylic oxidation sites excluding steroid dienone is 2. The summed E-state index contributed by atoms with van der Waals surface area (Å²) in [6.45, 7) is 7.88. The number of nitrogens with zero attached hydrogens (tertiary/aromatic N) is 1. The topological polar surface area (TPSA) is 137 Å². The van der Waals surface area contributed by atoms with Gasteiger partial charge >= 0.3 is 5.97 Å². The van der Waals surface area contributed by atoms with Crippen molar-refractivity contribution in [3.05, 3.63) is 11.6 Å². The van der Waals surface area contributed by atoms with Crippen molar-refractivity contribution in [2.45, 2.75) is 117 Å². The van der Waals surface area contributed by atoms with E-state index >= 15 is 0 Å². The van der Waals surface area contributed by atoms with Gasteiger partial charge in [0.1, 0.15) is 12.1 Å². The molecule has 9 nitrogen and oxygen atoms in total. The molecular formula is C30H47N3O6. The lowest BCUT2D eigenvalue weighted by Gasteiger charge is -2.57. The molecule has 0 aliphatic heterocycles. The van der Waals surface area contributed by atoms with Crippen molar-refractivity contribution in [3.63, 3.8) is 0 Å². The highest BCUT2D eigenvalue weighted by Gasteiger charge is 2.58. The summed E-state index contributed by atoms with van der Waals surface area (Å²) in [4.78, 5) is 41.4. The fourth-order valence-electron chi connectivity index (χ4n) is 8.10. The molecule has 9 heteroatoms. The molecule has 0 aromatic carbocycles. The van der Waals surface area contributed by atoms with Gasteiger partial charge in [0.15, 0.2) is 6.61 Å². The van der Waals surface area contributed by atoms with E-state index in [4.69, 9.17) is 4.84 Å². The van der Waals surface area contributed by atoms with Gasteiger partial charge in [-0.05, 0) is 99.4 Å². The van der Waals surface area contributed by atoms with Crippen LogP contribution in [0.4, 0.5) is 0 Å². The monoisotopic (exact) mass is 545 g/mol. The number of aliphatic hydroxyl groups excluding tert-OH is 1. The minimum Gasteiger partial charge on any atom is -0.480 e. The number of hydrogen-bond donors (Lipinski definition) is 4. The van der Waals surface area contributed by atoms with Crippen LogP contribution in [0.5, 0.6) is 0 Å². The Hall–Kier alpha value is -2.42. The number of hydrogen-bond acceptors (Lipinski definition) is 6. The normalized spacial score (nSPS) is 36.0. The van der Waals surface area contributed by atoms with E-state index in [2.05, 4.69) is 35.7 Å². The Morgan fingerprint density at radius 3 is 2.59 bits per heavy atom. The van der Waals surface area contributed by atoms with E-state index in [1.54, 1.807) is 0 Å². The number of oxime groups is 1. The molecule has 3 fully saturated rings. The summed E-state index contributed by atoms with van der Waals surface area (Å²) in [5, 5.41) is 29.3. The summed E-state index contributed by atoms with van der Waals surface area (Å²) in [5.41, 5.74) is 2.52. The van der Waals surface area contributed by atoms with Crippen LogP contribution in [0.15, 0.2) is 16.8 Å². The minimum atomic E-state index is -1.08. The average Bonchev–Trinajstić information content (AvgIpc) is 3.20. The number of carboxylic acids is 1. The molecule has 0 aromatic heterocycles. The van der Waals surface area contributed by atoms with E-state index in [0.717, 1.165) is 57.1 Å². The van der Waals surface area contributed by atoms with Crippen LogP contribution in [0.1, 0.15) is 98.3 Å². The van der Waals surface area contributed by atoms with Crippen molar-refractivity contribution in [1.82, 2.24) is 10.6 Å². The lowest BCUT2D eigenvalue weighted by atomic mass is 9.47. The standard InChI is InChI=1S/C30H47N3O6/c1-5-6-7-24(28(37)38)32-27(36)18(2)31-26(35)17-39-33-20-12-14-29(3)19(16-20)8-9-21-22-10-11-25(34)30(22,4)15-13-23(21)29/h16,18,21-25,34H,5-15,17H2,1-4H3,(H,31,35)(H,32,36)(H,37,38)/b33-20+/t18-,21-,22-,23-,24+,25-,29+,30+/m1/s1. The van der Waals surface area contributed by atoms with Gasteiger partial charge in [-0.15, -0.1) is 0 Å². The van der Waals surface area contributed by atoms with Crippen molar-refractivity contribution in [2.24, 2.45) is 33.7 Å². The molecule has 0 saturated heterocycles. The van der Waals surface area contributed by atoms with E-state index in [1.165, 1.54) is 18.9 Å². The molecule has 4 aliphatic rings. The Bertz CT molecular complexity index is 1010. The van der Waals surface area contributed by atoms with Gasteiger partial charge in [-0.25, -0.2) is 4.79 Å². The molecule has 8 atom stereocenters. The van der Waals surface area contributed by atoms with E-state index in [-0.39, 0.29) is 23.5 Å². The molecule has 2 amide bonds. The van der Waals surface area contributed by atoms with Gasteiger partial charge in [0.2, 0.25) is 5.91 Å². The molecular weight excluding hydrogens is 498 g/mol. The van der Waals surface area contributed by atoms with E-state index in [9.17, 15) is 24.6 Å². The number of nitrogens with one attached hydrogen (secondary N) is 2. The summed E-state index contributed by atoms with van der Waals surface area (Å²) < 4.78 is 0. The van der Waals surface area contributed by atoms with Crippen LogP contribution in [0, 0.1) is 28.6 Å². The number of carbonyl (C=O) groups is 3. The van der Waals surface area contributed by atoms with Crippen LogP contribution in [-0.2, 0) is 19.2 Å². The zero-order valence-corrected chi connectivity index (χ0v) is 24.0. The van der Waals surface area contributed by atoms with Gasteiger partial charge < -0.3 is 25.7 Å². The molecule has 0 aromatic rings. The first-order valence-corrected chi connectivity index (χ1v) is 14.9. The molecule has 39 heavy (non-hydrogen) atoms. The zero-order valence-electron chi connectivity index (χ0n) is 24.0. The van der Waals surface area contributed by atoms with Crippen molar-refractivity contribution >= 4 is 23.5 Å². The quantitative estimate of drug-likeness (QED) is 0.307. The largest absolute Gasteiger partial charge is 0.480 e. The highest BCUT2D eigenvalue weighted by molar-refractivity contribution is 5.96. The number of aliphatic hydroxyl groups is 1. The molecule has 3 saturated carbocycles. The van der Waals surface area contributed by atoms with Crippen molar-refractivity contribution in [2.75, 3.05) is 6.61 Å². The molecule has 0 spiro atoms. The number of carboxylic acid groups (broad SMARTS) is 1. The average molecular weight is 546 g/mol. The molecule has 4 rings (SSSR count). The molecule has 218 valence electrons. The molecule has 0 heterocycles. The smallest absolute Gasteiger partial charge is 0.326 e. The van der Waals surface area contributed by atoms with E-state index in [0.29, 0.717) is 30.6 Å². The van der Waals surface area contributed by atoms with Crippen LogP contribution in [-0.4, -0.2) is 58.5 Å². The van der Waals surface area contributed by atoms with Crippen LogP contribution >= 0.6 is 0 Å². The zero-order chi connectivity index (χ0) is 28.4. The Labute approximate surface area is 232 Å². The second kappa shape index (κ2) is 12.0. The highest BCUT2D eigenvalue weighted by Crippen LogP contribution is 2.65. The van der Waals surface area contributed by atoms with Crippen molar-refractivity contribution in [1.29, 1.82) is 0 Å². The summed E-state index contributed by atoms with van der Waals surface area (Å²) in [7, 11) is 0. The van der Waals surface area contributed by atoms with Gasteiger partial charge in [-0.3, -0.25) is 9.59 Å². The highest BCUT2D eigenvalue weighted by atomic mass is 16.6. The van der Waals surface area contributed by atoms with Gasteiger partial charge in [0.05, 0.1) is 11.8 Å². The molecule has 0 radical (unpaired) electrons. The van der Waals surface area contributed by atoms with Crippen LogP contribution in [0.25, 0.3) is 0 Å². The Morgan fingerprint density at radius 2 is 1.87 bits per heavy atom. The fourth-order valence-corrected chi connectivity index (χ4v) is 8.10. The Kier molecular flexibility index (Phi) is 9.08. The number of unbranched alkanes of at least 4 members (excludes halogenated alkanes) is 1. The maximum Gasteiger partial charge on any atom is 0.326 e. The molecule has 0 unspecified atom stereocenters. The molecule has 0 bridgehead atoms. The summed E-state index contributed by atoms with van der Waals surface area (Å²) in [6, 6.07) is -1.86. The maximum atomic E-state index is 12.4. The minimum absolute atomic E-state index is 0.0830. The fraction of sp³-hybridized carbons (Fsp3) is 0.800. The number of amides is 2. The third-order valence-electron chi connectivity index (χ3n) is 10.5. The molecule has 4 N–H and O–H groups in total. The first kappa shape index (κ1) is 29.6. The predicted molar refractivity (Wildman–Crippen MR) is 148 cm³/mol. The van der Waals surface area contributed by atoms with Crippen LogP contribution < -0.4 is 10.6 Å². The van der Waals surface area contributed by atoms with E-state index < -0.39 is 29.9 Å². The van der Waals surface area contributed by atoms with Gasteiger partial charge in [-0.1, -0.05) is 44.3 Å². The van der Waals surface area contributed by atoms with Gasteiger partial charge in [-0.2, -0.15) is 0 Å². The number of carbonyl (C=O) groups excluding carboxylic acids is 2. The summed E-state index contributed by atoms with van der Waals surface area (Å²) >= 11 is 0. The Balaban J connectivity index is 1.28. The number of aliphatic carboxylic acids is 1. The second-order valence-electron chi connectivity index (χ2n) is 12.8. The number of fused-ring (bicyclic) bond motifs is 5. The van der Waals surface area contributed by atoms with Gasteiger partial charge in [0.25, 0.3) is 5.91 Å². The van der Waals surface area contributed by atoms with Crippen molar-refractivity contribution < 1.29 is 29.4 Å². The predicted octanol–water partition coefficient (Wildman–Crippen LogP) is 3.95. The van der Waals surface area contributed by atoms with E-state index in [1.807, 2.05) is 6.92 Å². The summed E-state index contributed by atoms with van der Waals surface area (Å²) in [5.74, 6) is -0.166. The maximum absolute atomic E-state index is 12.4. The van der Waals surface area contributed by atoms with Gasteiger partial charge in [0, 0.05) is 0 Å². The first-order valence-electron chi connectivity index (χ1n) is 14.9. The third-order valence-corrected chi connectivity index (χ3v) is 10.5.